The minimum atomic E-state index is 0.175. The van der Waals surface area contributed by atoms with Gasteiger partial charge in [0.05, 0.1) is 22.9 Å². The molecule has 4 heteroatoms. The fraction of sp³-hybridized carbons (Fsp3) is 0.484. The molecule has 0 radical (unpaired) electrons. The number of benzene rings is 1. The van der Waals surface area contributed by atoms with E-state index in [1.54, 1.807) is 0 Å². The first-order chi connectivity index (χ1) is 17.0. The van der Waals surface area contributed by atoms with Crippen molar-refractivity contribution in [2.24, 2.45) is 5.41 Å². The van der Waals surface area contributed by atoms with Gasteiger partial charge >= 0.3 is 0 Å². The van der Waals surface area contributed by atoms with E-state index in [1.165, 1.54) is 70.9 Å². The summed E-state index contributed by atoms with van der Waals surface area (Å²) in [7, 11) is 0. The first-order valence-corrected chi connectivity index (χ1v) is 13.5. The van der Waals surface area contributed by atoms with Crippen LogP contribution in [0.15, 0.2) is 54.9 Å². The number of unbranched alkanes of at least 4 members (excludes halogenated alkanes) is 2. The second-order valence-electron chi connectivity index (χ2n) is 11.5. The van der Waals surface area contributed by atoms with Crippen LogP contribution in [-0.4, -0.2) is 26.0 Å². The number of hydrogen-bond donors (Lipinski definition) is 0. The predicted molar refractivity (Wildman–Crippen MR) is 147 cm³/mol. The van der Waals surface area contributed by atoms with Gasteiger partial charge in [-0.3, -0.25) is 14.9 Å². The van der Waals surface area contributed by atoms with Gasteiger partial charge in [0.15, 0.2) is 0 Å². The molecular weight excluding hydrogens is 428 g/mol. The van der Waals surface area contributed by atoms with E-state index in [0.29, 0.717) is 6.04 Å². The first kappa shape index (κ1) is 24.0. The molecule has 35 heavy (non-hydrogen) atoms. The lowest BCUT2D eigenvalue weighted by Crippen LogP contribution is -2.33. The van der Waals surface area contributed by atoms with E-state index in [1.807, 2.05) is 12.4 Å². The lowest BCUT2D eigenvalue weighted by atomic mass is 9.90. The van der Waals surface area contributed by atoms with Crippen LogP contribution in [0.3, 0.4) is 0 Å². The Bertz CT molecular complexity index is 1300. The van der Waals surface area contributed by atoms with Gasteiger partial charge in [-0.1, -0.05) is 64.8 Å². The Morgan fingerprint density at radius 3 is 2.66 bits per heavy atom. The number of fused-ring (bicyclic) bond motifs is 4. The van der Waals surface area contributed by atoms with Gasteiger partial charge in [0, 0.05) is 41.8 Å². The lowest BCUT2D eigenvalue weighted by Gasteiger charge is -2.35. The normalized spacial score (nSPS) is 16.3. The third-order valence-electron chi connectivity index (χ3n) is 7.40. The van der Waals surface area contributed by atoms with Gasteiger partial charge in [-0.25, -0.2) is 0 Å². The Labute approximate surface area is 210 Å². The molecule has 4 aromatic rings. The monoisotopic (exact) mass is 468 g/mol. The van der Waals surface area contributed by atoms with Crippen LogP contribution in [-0.2, 0) is 19.5 Å². The fourth-order valence-corrected chi connectivity index (χ4v) is 5.87. The smallest absolute Gasteiger partial charge is 0.0786 e. The molecule has 1 aromatic carbocycles. The van der Waals surface area contributed by atoms with Crippen molar-refractivity contribution < 1.29 is 0 Å². The van der Waals surface area contributed by atoms with Crippen LogP contribution >= 0.6 is 0 Å². The summed E-state index contributed by atoms with van der Waals surface area (Å²) in [5, 5.41) is 2.66. The van der Waals surface area contributed by atoms with E-state index in [9.17, 15) is 0 Å². The van der Waals surface area contributed by atoms with Crippen molar-refractivity contribution in [3.8, 4) is 0 Å². The molecule has 1 aliphatic rings. The van der Waals surface area contributed by atoms with Gasteiger partial charge < -0.3 is 4.57 Å². The minimum absolute atomic E-state index is 0.175. The van der Waals surface area contributed by atoms with E-state index in [-0.39, 0.29) is 5.41 Å². The van der Waals surface area contributed by atoms with Crippen LogP contribution in [0.4, 0.5) is 0 Å². The Hall–Kier alpha value is -2.72. The van der Waals surface area contributed by atoms with Crippen LogP contribution < -0.4 is 0 Å². The molecule has 0 N–H and O–H groups in total. The summed E-state index contributed by atoms with van der Waals surface area (Å²) in [5.74, 6) is 0. The van der Waals surface area contributed by atoms with Crippen molar-refractivity contribution in [3.63, 3.8) is 0 Å². The van der Waals surface area contributed by atoms with Crippen molar-refractivity contribution in [1.29, 1.82) is 0 Å². The zero-order chi connectivity index (χ0) is 24.4. The summed E-state index contributed by atoms with van der Waals surface area (Å²) >= 11 is 0. The van der Waals surface area contributed by atoms with Crippen molar-refractivity contribution in [3.05, 3.63) is 71.8 Å². The highest BCUT2D eigenvalue weighted by atomic mass is 15.2. The highest BCUT2D eigenvalue weighted by Gasteiger charge is 2.28. The molecule has 4 nitrogen and oxygen atoms in total. The number of para-hydroxylation sites is 1. The van der Waals surface area contributed by atoms with Crippen LogP contribution in [0, 0.1) is 5.41 Å². The number of aryl methyl sites for hydroxylation is 1. The van der Waals surface area contributed by atoms with Crippen LogP contribution in [0.1, 0.15) is 82.8 Å². The standard InChI is InChI=1S/C31H40N4/c1-5-6-9-20-34(28-16-10-12-23-13-11-18-33-29(23)28)21-26-30-25(17-19-32-26)24-14-7-8-15-27(24)35(30)22-31(2,3)4/h7-8,11,13-15,17-19,28H,5-6,9-10,12,16,20-22H2,1-4H3/t28-/m0/s1. The molecule has 0 spiro atoms. The Morgan fingerprint density at radius 2 is 1.83 bits per heavy atom. The van der Waals surface area contributed by atoms with Crippen LogP contribution in [0.5, 0.6) is 0 Å². The van der Waals surface area contributed by atoms with Gasteiger partial charge in [-0.2, -0.15) is 0 Å². The SMILES string of the molecule is CCCCCN(Cc1nccc2c3ccccc3n(CC(C)(C)C)c12)[C@H]1CCCc2cccnc21. The molecule has 3 heterocycles. The van der Waals surface area contributed by atoms with Crippen LogP contribution in [0.25, 0.3) is 21.8 Å². The maximum Gasteiger partial charge on any atom is 0.0786 e. The van der Waals surface area contributed by atoms with Gasteiger partial charge in [0.1, 0.15) is 0 Å². The van der Waals surface area contributed by atoms with E-state index >= 15 is 0 Å². The molecule has 184 valence electrons. The highest BCUT2D eigenvalue weighted by molar-refractivity contribution is 6.08. The van der Waals surface area contributed by atoms with Crippen LogP contribution in [0.2, 0.25) is 0 Å². The molecule has 0 saturated carbocycles. The molecule has 0 bridgehead atoms. The minimum Gasteiger partial charge on any atom is -0.338 e. The first-order valence-electron chi connectivity index (χ1n) is 13.5. The third-order valence-corrected chi connectivity index (χ3v) is 7.40. The predicted octanol–water partition coefficient (Wildman–Crippen LogP) is 7.70. The topological polar surface area (TPSA) is 34.0 Å². The summed E-state index contributed by atoms with van der Waals surface area (Å²) in [5.41, 5.74) is 6.71. The zero-order valence-electron chi connectivity index (χ0n) is 21.9. The highest BCUT2D eigenvalue weighted by Crippen LogP contribution is 2.37. The Morgan fingerprint density at radius 1 is 0.971 bits per heavy atom. The Kier molecular flexibility index (Phi) is 6.93. The molecule has 0 amide bonds. The third kappa shape index (κ3) is 4.99. The van der Waals surface area contributed by atoms with Crippen molar-refractivity contribution in [2.45, 2.75) is 85.4 Å². The zero-order valence-corrected chi connectivity index (χ0v) is 21.9. The van der Waals surface area contributed by atoms with E-state index in [0.717, 1.165) is 26.1 Å². The second-order valence-corrected chi connectivity index (χ2v) is 11.5. The number of pyridine rings is 2. The average molecular weight is 469 g/mol. The van der Waals surface area contributed by atoms with Gasteiger partial charge in [-0.05, 0) is 61.4 Å². The molecule has 1 aliphatic carbocycles. The number of nitrogens with zero attached hydrogens (tertiary/aromatic N) is 4. The van der Waals surface area contributed by atoms with Crippen molar-refractivity contribution in [1.82, 2.24) is 19.4 Å². The van der Waals surface area contributed by atoms with Gasteiger partial charge in [0.25, 0.3) is 0 Å². The van der Waals surface area contributed by atoms with Gasteiger partial charge in [0.2, 0.25) is 0 Å². The molecule has 5 rings (SSSR count). The molecular formula is C31H40N4. The molecule has 0 aliphatic heterocycles. The Balaban J connectivity index is 1.60. The fourth-order valence-electron chi connectivity index (χ4n) is 5.87. The lowest BCUT2D eigenvalue weighted by molar-refractivity contribution is 0.161. The van der Waals surface area contributed by atoms with Crippen molar-refractivity contribution >= 4 is 21.8 Å². The van der Waals surface area contributed by atoms with E-state index < -0.39 is 0 Å². The number of rotatable bonds is 8. The van der Waals surface area contributed by atoms with E-state index in [4.69, 9.17) is 9.97 Å². The second kappa shape index (κ2) is 10.1. The molecule has 0 fully saturated rings. The molecule has 1 atom stereocenters. The summed E-state index contributed by atoms with van der Waals surface area (Å²) < 4.78 is 2.53. The summed E-state index contributed by atoms with van der Waals surface area (Å²) in [6.07, 6.45) is 11.3. The number of aromatic nitrogens is 3. The van der Waals surface area contributed by atoms with Crippen molar-refractivity contribution in [2.75, 3.05) is 6.54 Å². The maximum absolute atomic E-state index is 5.03. The summed E-state index contributed by atoms with van der Waals surface area (Å²) in [4.78, 5) is 12.6. The van der Waals surface area contributed by atoms with Gasteiger partial charge in [-0.15, -0.1) is 0 Å². The quantitative estimate of drug-likeness (QED) is 0.248. The number of hydrogen-bond acceptors (Lipinski definition) is 3. The molecule has 0 unspecified atom stereocenters. The summed E-state index contributed by atoms with van der Waals surface area (Å²) in [6.45, 7) is 12.2. The maximum atomic E-state index is 5.03. The molecule has 3 aromatic heterocycles. The largest absolute Gasteiger partial charge is 0.338 e. The van der Waals surface area contributed by atoms with E-state index in [2.05, 4.69) is 79.6 Å². The molecule has 0 saturated heterocycles. The average Bonchev–Trinajstić information content (AvgIpc) is 3.16. The summed E-state index contributed by atoms with van der Waals surface area (Å²) in [6, 6.07) is 15.8.